The normalized spacial score (nSPS) is 23.0. The number of methoxy groups -OCH3 is 2. The van der Waals surface area contributed by atoms with Crippen LogP contribution < -0.4 is 5.32 Å². The zero-order valence-corrected chi connectivity index (χ0v) is 45.6. The fourth-order valence-electron chi connectivity index (χ4n) is 11.6. The molecule has 0 aromatic heterocycles. The number of benzene rings is 1. The number of carbonyl (C=O) groups is 8. The fourth-order valence-corrected chi connectivity index (χ4v) is 11.6. The minimum absolute atomic E-state index is 0.00248. The van der Waals surface area contributed by atoms with E-state index < -0.39 is 59.5 Å². The molecule has 1 aliphatic carbocycles. The van der Waals surface area contributed by atoms with Gasteiger partial charge in [0, 0.05) is 66.0 Å². The highest BCUT2D eigenvalue weighted by molar-refractivity contribution is 6.01. The predicted octanol–water partition coefficient (Wildman–Crippen LogP) is 5.86. The summed E-state index contributed by atoms with van der Waals surface area (Å²) in [6, 6.07) is 7.64. The summed E-state index contributed by atoms with van der Waals surface area (Å²) >= 11 is 0. The van der Waals surface area contributed by atoms with Gasteiger partial charge < -0.3 is 29.4 Å². The van der Waals surface area contributed by atoms with E-state index in [9.17, 15) is 38.4 Å². The molecule has 3 saturated heterocycles. The van der Waals surface area contributed by atoms with Gasteiger partial charge in [-0.25, -0.2) is 9.86 Å². The Kier molecular flexibility index (Phi) is 22.0. The lowest BCUT2D eigenvalue weighted by atomic mass is 9.87. The molecule has 408 valence electrons. The number of carbonyl (C=O) groups excluding carboxylic acids is 8. The Bertz CT molecular complexity index is 2050. The number of Topliss-reactive ketones (excluding diaryl/α,β-unsaturated/α-hetero) is 1. The second-order valence-electron chi connectivity index (χ2n) is 21.7. The monoisotopic (exact) mass is 1020 g/mol. The average Bonchev–Trinajstić information content (AvgIpc) is 3.75. The third-order valence-electron chi connectivity index (χ3n) is 16.0. The second-order valence-corrected chi connectivity index (χ2v) is 21.7. The largest absolute Gasteiger partial charge is 0.379 e. The molecule has 3 heterocycles. The lowest BCUT2D eigenvalue weighted by Crippen LogP contribution is -2.60. The molecule has 1 saturated carbocycles. The number of ketones is 1. The Balaban J connectivity index is 1.20. The number of hydrogen-bond acceptors (Lipinski definition) is 13. The smallest absolute Gasteiger partial charge is 0.333 e. The van der Waals surface area contributed by atoms with Crippen molar-refractivity contribution in [2.75, 3.05) is 54.6 Å². The van der Waals surface area contributed by atoms with Crippen LogP contribution in [0.1, 0.15) is 150 Å². The van der Waals surface area contributed by atoms with Crippen molar-refractivity contribution in [1.82, 2.24) is 30.1 Å². The third kappa shape index (κ3) is 14.5. The first-order valence-corrected chi connectivity index (χ1v) is 26.9. The highest BCUT2D eigenvalue weighted by Gasteiger charge is 2.61. The molecule has 4 aliphatic rings. The van der Waals surface area contributed by atoms with E-state index in [2.05, 4.69) is 17.4 Å². The number of hydrogen-bond donors (Lipinski definition) is 1. The topological polar surface area (TPSA) is 202 Å². The SMILES string of the molecule is CC[C@H](C)[C@@H]([C@@H](CC(=O)N1CCC[C@H]1[C@H](OC)[C@@H](C)C(=O)CCC[C@@]1(C(=O)N2CCCCO2)C[C@@H]1c1ccccc1)OC)N(C)C(=O)[C@@H](NC(=O)[C@H](C(C)C)N(C)CCCC(=O)ON1C(=O)CCC1=O)C(C)C. The molecule has 4 fully saturated rings. The standard InChI is InChI=1S/C55H86N6O12/c1-12-37(6)50(58(9)53(68)48(35(2)3)56-52(67)49(36(4)5)57(8)29-20-25-47(66)73-61-44(63)26-27-45(61)64)43(70-10)33-46(65)59-30-19-23-41(59)51(71-11)38(7)42(62)24-18-28-55(54(69)60-31-16-17-32-72-60)34-40(55)39-21-14-13-15-22-39/h13-15,21-22,35-38,40-41,43,48-51H,12,16-20,23-34H2,1-11H3,(H,56,67)/t37-,38-,40+,41-,43+,48-,49-,50-,51+,55+/m0/s1. The van der Waals surface area contributed by atoms with Gasteiger partial charge in [0.25, 0.3) is 17.7 Å². The molecular formula is C55H86N6O12. The van der Waals surface area contributed by atoms with Gasteiger partial charge in [-0.2, -0.15) is 0 Å². The Hall–Kier alpha value is -4.78. The van der Waals surface area contributed by atoms with Gasteiger partial charge in [-0.3, -0.25) is 43.3 Å². The van der Waals surface area contributed by atoms with E-state index >= 15 is 0 Å². The molecule has 0 spiro atoms. The molecule has 0 radical (unpaired) electrons. The van der Waals surface area contributed by atoms with Crippen LogP contribution in [-0.2, 0) is 57.5 Å². The molecule has 18 heteroatoms. The van der Waals surface area contributed by atoms with Gasteiger partial charge in [0.15, 0.2) is 0 Å². The van der Waals surface area contributed by atoms with Crippen LogP contribution in [0.4, 0.5) is 0 Å². The number of nitrogens with one attached hydrogen (secondary N) is 1. The molecule has 1 aromatic rings. The number of imide groups is 1. The lowest BCUT2D eigenvalue weighted by Gasteiger charge is -2.41. The highest BCUT2D eigenvalue weighted by atomic mass is 16.7. The van der Waals surface area contributed by atoms with E-state index in [1.807, 2.05) is 76.5 Å². The van der Waals surface area contributed by atoms with Crippen molar-refractivity contribution in [3.8, 4) is 0 Å². The van der Waals surface area contributed by atoms with E-state index in [1.54, 1.807) is 38.3 Å². The fraction of sp³-hybridized carbons (Fsp3) is 0.745. The number of rotatable bonds is 28. The summed E-state index contributed by atoms with van der Waals surface area (Å²) < 4.78 is 12.2. The van der Waals surface area contributed by atoms with E-state index in [0.29, 0.717) is 63.4 Å². The van der Waals surface area contributed by atoms with Crippen LogP contribution in [0.5, 0.6) is 0 Å². The highest BCUT2D eigenvalue weighted by Crippen LogP contribution is 2.63. The summed E-state index contributed by atoms with van der Waals surface area (Å²) in [5, 5.41) is 5.11. The van der Waals surface area contributed by atoms with Crippen molar-refractivity contribution in [1.29, 1.82) is 0 Å². The van der Waals surface area contributed by atoms with Crippen LogP contribution in [-0.4, -0.2) is 163 Å². The summed E-state index contributed by atoms with van der Waals surface area (Å²) in [5.74, 6) is -3.63. The van der Waals surface area contributed by atoms with Gasteiger partial charge in [0.05, 0.1) is 48.8 Å². The molecule has 18 nitrogen and oxygen atoms in total. The molecule has 73 heavy (non-hydrogen) atoms. The minimum Gasteiger partial charge on any atom is -0.379 e. The number of hydroxylamine groups is 4. The van der Waals surface area contributed by atoms with Gasteiger partial charge >= 0.3 is 5.97 Å². The number of nitrogens with zero attached hydrogens (tertiary/aromatic N) is 5. The van der Waals surface area contributed by atoms with Gasteiger partial charge in [-0.1, -0.05) is 85.2 Å². The Morgan fingerprint density at radius 2 is 1.55 bits per heavy atom. The maximum atomic E-state index is 14.7. The van der Waals surface area contributed by atoms with Gasteiger partial charge in [-0.15, -0.1) is 5.06 Å². The lowest BCUT2D eigenvalue weighted by molar-refractivity contribution is -0.203. The maximum absolute atomic E-state index is 14.7. The summed E-state index contributed by atoms with van der Waals surface area (Å²) in [7, 11) is 6.59. The quantitative estimate of drug-likeness (QED) is 0.0980. The first kappa shape index (κ1) is 59.1. The molecule has 1 aromatic carbocycles. The first-order chi connectivity index (χ1) is 34.7. The number of likely N-dealkylation sites (N-methyl/N-ethyl adjacent to an activating group) is 2. The van der Waals surface area contributed by atoms with Crippen LogP contribution in [0, 0.1) is 29.1 Å². The van der Waals surface area contributed by atoms with E-state index in [-0.39, 0.29) is 91.2 Å². The minimum atomic E-state index is -0.911. The molecule has 1 N–H and O–H groups in total. The molecule has 3 aliphatic heterocycles. The molecule has 6 amide bonds. The van der Waals surface area contributed by atoms with E-state index in [4.69, 9.17) is 19.1 Å². The zero-order valence-electron chi connectivity index (χ0n) is 45.6. The van der Waals surface area contributed by atoms with Gasteiger partial charge in [0.1, 0.15) is 11.8 Å². The van der Waals surface area contributed by atoms with Crippen LogP contribution >= 0.6 is 0 Å². The molecule has 0 unspecified atom stereocenters. The zero-order chi connectivity index (χ0) is 53.7. The van der Waals surface area contributed by atoms with Crippen LogP contribution in [0.15, 0.2) is 30.3 Å². The van der Waals surface area contributed by atoms with Crippen molar-refractivity contribution in [2.24, 2.45) is 29.1 Å². The number of amides is 6. The summed E-state index contributed by atoms with van der Waals surface area (Å²) in [4.78, 5) is 124. The van der Waals surface area contributed by atoms with Gasteiger partial charge in [0.2, 0.25) is 17.7 Å². The van der Waals surface area contributed by atoms with Crippen LogP contribution in [0.2, 0.25) is 0 Å². The number of likely N-dealkylation sites (tertiary alicyclic amines) is 1. The van der Waals surface area contributed by atoms with Crippen LogP contribution in [0.25, 0.3) is 0 Å². The summed E-state index contributed by atoms with van der Waals surface area (Å²) in [5.41, 5.74) is 0.518. The number of ether oxygens (including phenoxy) is 2. The maximum Gasteiger partial charge on any atom is 0.333 e. The van der Waals surface area contributed by atoms with Crippen molar-refractivity contribution >= 4 is 47.2 Å². The predicted molar refractivity (Wildman–Crippen MR) is 273 cm³/mol. The van der Waals surface area contributed by atoms with Gasteiger partial charge in [-0.05, 0) is 94.2 Å². The van der Waals surface area contributed by atoms with Crippen molar-refractivity contribution < 1.29 is 57.5 Å². The average molecular weight is 1020 g/mol. The van der Waals surface area contributed by atoms with E-state index in [1.165, 1.54) is 0 Å². The van der Waals surface area contributed by atoms with Crippen molar-refractivity contribution in [3.05, 3.63) is 35.9 Å². The molecule has 0 bridgehead atoms. The van der Waals surface area contributed by atoms with Crippen molar-refractivity contribution in [3.63, 3.8) is 0 Å². The second kappa shape index (κ2) is 27.1. The van der Waals surface area contributed by atoms with E-state index in [0.717, 1.165) is 31.2 Å². The summed E-state index contributed by atoms with van der Waals surface area (Å²) in [6.07, 6.45) is 4.97. The first-order valence-electron chi connectivity index (χ1n) is 26.9. The molecule has 5 rings (SSSR count). The Morgan fingerprint density at radius 3 is 2.14 bits per heavy atom. The third-order valence-corrected chi connectivity index (χ3v) is 16.0. The molecular weight excluding hydrogens is 937 g/mol. The Labute approximate surface area is 433 Å². The summed E-state index contributed by atoms with van der Waals surface area (Å²) in [6.45, 7) is 15.4. The van der Waals surface area contributed by atoms with Crippen molar-refractivity contribution in [2.45, 2.75) is 181 Å². The molecule has 10 atom stereocenters. The Morgan fingerprint density at radius 1 is 0.863 bits per heavy atom. The van der Waals surface area contributed by atoms with Crippen LogP contribution in [0.3, 0.4) is 0 Å².